The first-order valence-electron chi connectivity index (χ1n) is 19.0. The minimum atomic E-state index is 0. The van der Waals surface area contributed by atoms with Gasteiger partial charge in [-0.1, -0.05) is 87.8 Å². The molecule has 0 radical (unpaired) electrons. The zero-order valence-electron chi connectivity index (χ0n) is 31.0. The van der Waals surface area contributed by atoms with Crippen LogP contribution in [-0.2, 0) is 34.1 Å². The summed E-state index contributed by atoms with van der Waals surface area (Å²) in [5.74, 6) is 7.64. The van der Waals surface area contributed by atoms with Crippen molar-refractivity contribution >= 4 is 23.8 Å². The van der Waals surface area contributed by atoms with Crippen LogP contribution in [0.3, 0.4) is 0 Å². The predicted molar refractivity (Wildman–Crippen MR) is 206 cm³/mol. The van der Waals surface area contributed by atoms with Crippen LogP contribution in [0.25, 0.3) is 0 Å². The smallest absolute Gasteiger partial charge is 0.317 e. The molecule has 2 unspecified atom stereocenters. The molecule has 4 aliphatic rings. The Hall–Kier alpha value is -1.58. The molecule has 4 nitrogen and oxygen atoms in total. The van der Waals surface area contributed by atoms with Gasteiger partial charge in [0.15, 0.2) is 0 Å². The molecule has 0 amide bonds. The number of hydrogen-bond donors (Lipinski definition) is 0. The first kappa shape index (κ1) is 43.6. The molecule has 2 aromatic rings. The van der Waals surface area contributed by atoms with E-state index < -0.39 is 0 Å². The molecule has 0 spiro atoms. The summed E-state index contributed by atoms with van der Waals surface area (Å²) in [7, 11) is 0. The van der Waals surface area contributed by atoms with E-state index in [1.54, 1.807) is 23.7 Å². The molecule has 4 saturated carbocycles. The van der Waals surface area contributed by atoms with Gasteiger partial charge in [0.1, 0.15) is 0 Å². The molecule has 49 heavy (non-hydrogen) atoms. The molecule has 0 N–H and O–H groups in total. The number of hydrazone groups is 2. The van der Waals surface area contributed by atoms with Crippen LogP contribution in [-0.4, -0.2) is 25.5 Å². The van der Waals surface area contributed by atoms with Gasteiger partial charge < -0.3 is 23.7 Å². The van der Waals surface area contributed by atoms with E-state index in [1.165, 1.54) is 101 Å². The van der Waals surface area contributed by atoms with E-state index in [-0.39, 0.29) is 34.1 Å². The van der Waals surface area contributed by atoms with Crippen LogP contribution in [0, 0.1) is 35.5 Å². The largest absolute Gasteiger partial charge is 2.00 e. The fourth-order valence-corrected chi connectivity index (χ4v) is 7.15. The zero-order valence-corrected chi connectivity index (χ0v) is 33.2. The third-order valence-electron chi connectivity index (χ3n) is 10.5. The van der Waals surface area contributed by atoms with Crippen molar-refractivity contribution in [3.8, 4) is 0 Å². The number of unbranched alkanes of at least 4 members (excludes halogenated alkanes) is 2. The summed E-state index contributed by atoms with van der Waals surface area (Å²) >= 11 is 0. The van der Waals surface area contributed by atoms with Crippen molar-refractivity contribution in [1.82, 2.24) is 0 Å². The molecule has 2 aromatic carbocycles. The molecule has 0 aromatic heterocycles. The first-order chi connectivity index (χ1) is 23.0. The van der Waals surface area contributed by atoms with Crippen LogP contribution in [0.4, 0.5) is 11.4 Å². The Morgan fingerprint density at radius 3 is 1.18 bits per heavy atom. The fraction of sp³-hybridized carbons (Fsp3) is 0.581. The van der Waals surface area contributed by atoms with Crippen LogP contribution in [0.2, 0.25) is 0 Å². The Morgan fingerprint density at radius 2 is 0.898 bits per heavy atom. The molecule has 0 saturated heterocycles. The van der Waals surface area contributed by atoms with Crippen LogP contribution in [0.1, 0.15) is 137 Å². The quantitative estimate of drug-likeness (QED) is 0.0712. The number of nitrogens with zero attached hydrogens (tertiary/aromatic N) is 4. The van der Waals surface area contributed by atoms with Crippen LogP contribution < -0.4 is 10.0 Å². The molecule has 0 bridgehead atoms. The maximum absolute atomic E-state index is 4.94. The van der Waals surface area contributed by atoms with E-state index in [4.69, 9.17) is 10.2 Å². The maximum atomic E-state index is 4.94. The van der Waals surface area contributed by atoms with Crippen molar-refractivity contribution < 1.29 is 34.1 Å². The Labute approximate surface area is 322 Å². The zero-order chi connectivity index (χ0) is 33.1. The summed E-state index contributed by atoms with van der Waals surface area (Å²) in [6.07, 6.45) is 26.7. The first-order valence-corrected chi connectivity index (χ1v) is 19.0. The molecule has 2 atom stereocenters. The molecule has 4 fully saturated rings. The third-order valence-corrected chi connectivity index (χ3v) is 10.5. The van der Waals surface area contributed by atoms with E-state index >= 15 is 0 Å². The molecular weight excluding hydrogens is 684 g/mol. The number of hydrogen-bond acceptors (Lipinski definition) is 4. The molecular formula is C43H64Fe2N4. The molecule has 6 rings (SSSR count). The summed E-state index contributed by atoms with van der Waals surface area (Å²) in [4.78, 5) is 0. The van der Waals surface area contributed by atoms with Gasteiger partial charge in [0.05, 0.1) is 11.4 Å². The third kappa shape index (κ3) is 16.5. The van der Waals surface area contributed by atoms with Crippen molar-refractivity contribution in [1.29, 1.82) is 0 Å². The predicted octanol–water partition coefficient (Wildman–Crippen LogP) is 12.2. The monoisotopic (exact) mass is 748 g/mol. The van der Waals surface area contributed by atoms with Gasteiger partial charge >= 0.3 is 34.1 Å². The molecule has 6 heteroatoms. The van der Waals surface area contributed by atoms with E-state index in [1.807, 2.05) is 0 Å². The number of rotatable bonds is 12. The van der Waals surface area contributed by atoms with Crippen LogP contribution >= 0.6 is 0 Å². The van der Waals surface area contributed by atoms with Gasteiger partial charge in [-0.2, -0.15) is 76.4 Å². The van der Waals surface area contributed by atoms with Gasteiger partial charge in [-0.05, 0) is 56.0 Å². The van der Waals surface area contributed by atoms with E-state index in [0.29, 0.717) is 11.8 Å². The number of benzene rings is 2. The van der Waals surface area contributed by atoms with E-state index in [2.05, 4.69) is 111 Å². The summed E-state index contributed by atoms with van der Waals surface area (Å²) in [5, 5.41) is 14.3. The van der Waals surface area contributed by atoms with Gasteiger partial charge in [-0.25, -0.2) is 0 Å². The second-order valence-corrected chi connectivity index (χ2v) is 14.5. The summed E-state index contributed by atoms with van der Waals surface area (Å²) in [5.41, 5.74) is 2.36. The van der Waals surface area contributed by atoms with Gasteiger partial charge in [0.25, 0.3) is 0 Å². The molecule has 272 valence electrons. The fourth-order valence-electron chi connectivity index (χ4n) is 7.15. The van der Waals surface area contributed by atoms with Crippen molar-refractivity contribution in [2.24, 2.45) is 22.0 Å². The molecule has 0 aliphatic heterocycles. The second-order valence-electron chi connectivity index (χ2n) is 14.5. The van der Waals surface area contributed by atoms with Crippen molar-refractivity contribution in [3.63, 3.8) is 0 Å². The number of para-hydroxylation sites is 2. The van der Waals surface area contributed by atoms with E-state index in [0.717, 1.165) is 32.4 Å². The Kier molecular flexibility index (Phi) is 22.6. The average molecular weight is 749 g/mol. The van der Waals surface area contributed by atoms with Crippen molar-refractivity contribution in [2.75, 3.05) is 23.1 Å². The van der Waals surface area contributed by atoms with E-state index in [9.17, 15) is 0 Å². The molecule has 4 aliphatic carbocycles. The average Bonchev–Trinajstić information content (AvgIpc) is 3.93. The van der Waals surface area contributed by atoms with Gasteiger partial charge in [0.2, 0.25) is 0 Å². The Morgan fingerprint density at radius 1 is 0.531 bits per heavy atom. The van der Waals surface area contributed by atoms with Gasteiger partial charge in [0, 0.05) is 13.1 Å². The Balaban J connectivity index is 0.000000499. The minimum Gasteiger partial charge on any atom is -0.317 e. The minimum absolute atomic E-state index is 0. The van der Waals surface area contributed by atoms with Gasteiger partial charge in [-0.3, -0.25) is 10.0 Å². The summed E-state index contributed by atoms with van der Waals surface area (Å²) in [6.45, 7) is 11.0. The van der Waals surface area contributed by atoms with Crippen molar-refractivity contribution in [2.45, 2.75) is 137 Å². The topological polar surface area (TPSA) is 31.2 Å². The molecule has 0 heterocycles. The Bertz CT molecular complexity index is 1040. The van der Waals surface area contributed by atoms with Crippen molar-refractivity contribution in [3.05, 3.63) is 84.3 Å². The second kappa shape index (κ2) is 25.4. The summed E-state index contributed by atoms with van der Waals surface area (Å²) in [6, 6.07) is 21.2. The SMILES string of the molecule is C[C-]1CCCC1.C[C-]1CCCC1.C[C-]1CCCC1/C=N/N(CCCCCN(/N=C/C1CCC[C-]1C)c1ccccc1)c1ccccc1.[Fe+2].[Fe+2]. The maximum Gasteiger partial charge on any atom is 2.00 e. The van der Waals surface area contributed by atoms with Crippen LogP contribution in [0.5, 0.6) is 0 Å². The summed E-state index contributed by atoms with van der Waals surface area (Å²) < 4.78 is 0. The normalized spacial score (nSPS) is 21.6. The standard InChI is InChI=1S/C31H42N4.2C6H11.2Fe/c1-26-14-12-16-28(26)24-32-34(30-18-6-3-7-19-30)22-10-5-11-23-35(31-20-8-4-9-21-31)33-25-29-17-13-15-27(29)2;2*1-6-4-2-3-5-6;;/h3-4,6-9,18-21,24-25,28-29H,5,10-17,22-23H2,1-2H3;2*2-5H2,1H3;;/q-2;2*-1;2*+2/b32-24+,33-25+;;;;. The van der Waals surface area contributed by atoms with Crippen LogP contribution in [0.15, 0.2) is 70.9 Å². The number of anilines is 2. The van der Waals surface area contributed by atoms with Gasteiger partial charge in [-0.15, -0.1) is 11.8 Å².